The number of hydrogen-bond acceptors (Lipinski definition) is 4. The van der Waals surface area contributed by atoms with Gasteiger partial charge in [0.1, 0.15) is 11.5 Å². The number of hydrogen-bond donors (Lipinski definition) is 1. The van der Waals surface area contributed by atoms with Crippen LogP contribution in [0.2, 0.25) is 0 Å². The van der Waals surface area contributed by atoms with E-state index in [0.29, 0.717) is 12.5 Å². The number of nitro groups is 1. The highest BCUT2D eigenvalue weighted by molar-refractivity contribution is 14.1. The number of likely N-dealkylation sites (tertiary alicyclic amines) is 1. The molecule has 1 aromatic rings. The van der Waals surface area contributed by atoms with Crippen molar-refractivity contribution in [2.24, 2.45) is 5.92 Å². The lowest BCUT2D eigenvalue weighted by Gasteiger charge is -2.29. The van der Waals surface area contributed by atoms with E-state index in [1.54, 1.807) is 22.6 Å². The highest BCUT2D eigenvalue weighted by Gasteiger charge is 2.20. The summed E-state index contributed by atoms with van der Waals surface area (Å²) < 4.78 is 13.8. The molecular weight excluding hydrogens is 376 g/mol. The zero-order chi connectivity index (χ0) is 14.7. The minimum atomic E-state index is -0.474. The van der Waals surface area contributed by atoms with Gasteiger partial charge in [-0.1, -0.05) is 0 Å². The van der Waals surface area contributed by atoms with Gasteiger partial charge in [0.05, 0.1) is 8.49 Å². The second kappa shape index (κ2) is 6.66. The van der Waals surface area contributed by atoms with E-state index in [1.165, 1.54) is 12.1 Å². The Labute approximate surface area is 130 Å². The Morgan fingerprint density at radius 3 is 2.75 bits per heavy atom. The predicted octanol–water partition coefficient (Wildman–Crippen LogP) is 3.09. The third-order valence-electron chi connectivity index (χ3n) is 3.65. The first kappa shape index (κ1) is 15.4. The van der Waals surface area contributed by atoms with Gasteiger partial charge < -0.3 is 10.2 Å². The van der Waals surface area contributed by atoms with Crippen LogP contribution in [-0.4, -0.2) is 36.5 Å². The summed E-state index contributed by atoms with van der Waals surface area (Å²) in [5, 5.41) is 14.1. The smallest absolute Gasteiger partial charge is 0.293 e. The van der Waals surface area contributed by atoms with Gasteiger partial charge in [0, 0.05) is 18.7 Å². The monoisotopic (exact) mass is 393 g/mol. The van der Waals surface area contributed by atoms with Gasteiger partial charge in [-0.25, -0.2) is 4.39 Å². The lowest BCUT2D eigenvalue weighted by Crippen LogP contribution is -2.33. The largest absolute Gasteiger partial charge is 0.379 e. The minimum Gasteiger partial charge on any atom is -0.379 e. The number of benzene rings is 1. The van der Waals surface area contributed by atoms with Crippen molar-refractivity contribution in [1.29, 1.82) is 0 Å². The molecule has 1 aromatic carbocycles. The molecule has 1 saturated heterocycles. The molecule has 0 atom stereocenters. The Kier molecular flexibility index (Phi) is 5.14. The molecule has 110 valence electrons. The van der Waals surface area contributed by atoms with Crippen LogP contribution in [0.1, 0.15) is 12.8 Å². The molecule has 1 aliphatic heterocycles. The standard InChI is InChI=1S/C13H17FIN3O2/c1-17-4-2-9(3-5-17)8-16-12-6-10(14)11(15)7-13(12)18(19)20/h6-7,9,16H,2-5,8H2,1H3. The molecule has 7 heteroatoms. The van der Waals surface area contributed by atoms with Crippen LogP contribution in [0.5, 0.6) is 0 Å². The van der Waals surface area contributed by atoms with Crippen LogP contribution in [0.25, 0.3) is 0 Å². The predicted molar refractivity (Wildman–Crippen MR) is 84.5 cm³/mol. The van der Waals surface area contributed by atoms with Crippen molar-refractivity contribution < 1.29 is 9.31 Å². The molecule has 0 saturated carbocycles. The number of nitrogens with zero attached hydrogens (tertiary/aromatic N) is 2. The van der Waals surface area contributed by atoms with Gasteiger partial charge >= 0.3 is 0 Å². The summed E-state index contributed by atoms with van der Waals surface area (Å²) in [6, 6.07) is 2.49. The molecule has 0 amide bonds. The first-order valence-corrected chi connectivity index (χ1v) is 7.61. The number of piperidine rings is 1. The number of nitro benzene ring substituents is 1. The summed E-state index contributed by atoms with van der Waals surface area (Å²) >= 11 is 1.76. The van der Waals surface area contributed by atoms with Gasteiger partial charge in [-0.15, -0.1) is 0 Å². The molecule has 1 fully saturated rings. The van der Waals surface area contributed by atoms with E-state index in [0.717, 1.165) is 25.9 Å². The summed E-state index contributed by atoms with van der Waals surface area (Å²) in [4.78, 5) is 12.8. The second-order valence-electron chi connectivity index (χ2n) is 5.17. The number of halogens is 2. The van der Waals surface area contributed by atoms with Crippen LogP contribution in [0.15, 0.2) is 12.1 Å². The fourth-order valence-electron chi connectivity index (χ4n) is 2.35. The highest BCUT2D eigenvalue weighted by Crippen LogP contribution is 2.29. The molecule has 0 radical (unpaired) electrons. The average molecular weight is 393 g/mol. The maximum atomic E-state index is 13.6. The Morgan fingerprint density at radius 2 is 2.15 bits per heavy atom. The summed E-state index contributed by atoms with van der Waals surface area (Å²) in [7, 11) is 2.09. The molecule has 1 aliphatic rings. The van der Waals surface area contributed by atoms with E-state index in [4.69, 9.17) is 0 Å². The van der Waals surface area contributed by atoms with Gasteiger partial charge in [-0.2, -0.15) is 0 Å². The normalized spacial score (nSPS) is 17.1. The van der Waals surface area contributed by atoms with E-state index in [1.807, 2.05) is 0 Å². The molecule has 0 unspecified atom stereocenters. The Balaban J connectivity index is 2.05. The maximum absolute atomic E-state index is 13.6. The summed E-state index contributed by atoms with van der Waals surface area (Å²) in [6.45, 7) is 2.72. The summed E-state index contributed by atoms with van der Waals surface area (Å²) in [6.07, 6.45) is 2.12. The van der Waals surface area contributed by atoms with Crippen LogP contribution in [0.3, 0.4) is 0 Å². The maximum Gasteiger partial charge on any atom is 0.293 e. The molecule has 0 spiro atoms. The van der Waals surface area contributed by atoms with E-state index in [9.17, 15) is 14.5 Å². The first-order valence-electron chi connectivity index (χ1n) is 6.53. The van der Waals surface area contributed by atoms with Crippen LogP contribution in [-0.2, 0) is 0 Å². The van der Waals surface area contributed by atoms with Gasteiger partial charge in [-0.3, -0.25) is 10.1 Å². The lowest BCUT2D eigenvalue weighted by molar-refractivity contribution is -0.384. The Morgan fingerprint density at radius 1 is 1.50 bits per heavy atom. The molecule has 2 rings (SSSR count). The van der Waals surface area contributed by atoms with Crippen LogP contribution in [0, 0.1) is 25.4 Å². The van der Waals surface area contributed by atoms with Gasteiger partial charge in [0.15, 0.2) is 0 Å². The van der Waals surface area contributed by atoms with Crippen molar-refractivity contribution in [3.8, 4) is 0 Å². The van der Waals surface area contributed by atoms with Crippen molar-refractivity contribution in [1.82, 2.24) is 4.90 Å². The molecule has 20 heavy (non-hydrogen) atoms. The van der Waals surface area contributed by atoms with Crippen LogP contribution >= 0.6 is 22.6 Å². The van der Waals surface area contributed by atoms with E-state index < -0.39 is 10.7 Å². The van der Waals surface area contributed by atoms with E-state index in [2.05, 4.69) is 17.3 Å². The molecular formula is C13H17FIN3O2. The topological polar surface area (TPSA) is 58.4 Å². The zero-order valence-electron chi connectivity index (χ0n) is 11.2. The highest BCUT2D eigenvalue weighted by atomic mass is 127. The molecule has 0 aromatic heterocycles. The second-order valence-corrected chi connectivity index (χ2v) is 6.33. The Bertz CT molecular complexity index is 505. The van der Waals surface area contributed by atoms with Gasteiger partial charge in [0.25, 0.3) is 5.69 Å². The van der Waals surface area contributed by atoms with Crippen molar-refractivity contribution >= 4 is 34.0 Å². The first-order chi connectivity index (χ1) is 9.47. The number of rotatable bonds is 4. The zero-order valence-corrected chi connectivity index (χ0v) is 13.4. The molecule has 1 heterocycles. The molecule has 0 bridgehead atoms. The third kappa shape index (κ3) is 3.78. The van der Waals surface area contributed by atoms with Crippen LogP contribution in [0.4, 0.5) is 15.8 Å². The van der Waals surface area contributed by atoms with Crippen molar-refractivity contribution in [2.45, 2.75) is 12.8 Å². The SMILES string of the molecule is CN1CCC(CNc2cc(F)c(I)cc2[N+](=O)[O-])CC1. The van der Waals surface area contributed by atoms with Crippen molar-refractivity contribution in [3.05, 3.63) is 31.6 Å². The summed E-state index contributed by atoms with van der Waals surface area (Å²) in [5.41, 5.74) is 0.204. The molecule has 5 nitrogen and oxygen atoms in total. The molecule has 1 N–H and O–H groups in total. The molecule has 0 aliphatic carbocycles. The quantitative estimate of drug-likeness (QED) is 0.485. The Hall–Kier alpha value is -0.960. The average Bonchev–Trinajstić information content (AvgIpc) is 2.41. The van der Waals surface area contributed by atoms with Gasteiger partial charge in [-0.05, 0) is 61.5 Å². The van der Waals surface area contributed by atoms with Gasteiger partial charge in [0.2, 0.25) is 0 Å². The van der Waals surface area contributed by atoms with Crippen molar-refractivity contribution in [3.63, 3.8) is 0 Å². The number of anilines is 1. The van der Waals surface area contributed by atoms with E-state index in [-0.39, 0.29) is 14.9 Å². The summed E-state index contributed by atoms with van der Waals surface area (Å²) in [5.74, 6) is 0.0511. The van der Waals surface area contributed by atoms with Crippen molar-refractivity contribution in [2.75, 3.05) is 32.0 Å². The third-order valence-corrected chi connectivity index (χ3v) is 4.48. The minimum absolute atomic E-state index is 0.0660. The fraction of sp³-hybridized carbons (Fsp3) is 0.538. The van der Waals surface area contributed by atoms with E-state index >= 15 is 0 Å². The van der Waals surface area contributed by atoms with Crippen LogP contribution < -0.4 is 5.32 Å². The number of nitrogens with one attached hydrogen (secondary N) is 1. The fourth-order valence-corrected chi connectivity index (χ4v) is 2.80. The lowest BCUT2D eigenvalue weighted by atomic mass is 9.97.